The molecule has 2 aromatic rings. The Hall–Kier alpha value is -2.17. The number of rotatable bonds is 2. The van der Waals surface area contributed by atoms with Gasteiger partial charge in [0, 0.05) is 30.4 Å². The molecule has 0 unspecified atom stereocenters. The van der Waals surface area contributed by atoms with Crippen molar-refractivity contribution in [3.05, 3.63) is 52.5 Å². The molecule has 5 nitrogen and oxygen atoms in total. The summed E-state index contributed by atoms with van der Waals surface area (Å²) in [6, 6.07) is 1.66. The van der Waals surface area contributed by atoms with Gasteiger partial charge < -0.3 is 9.97 Å². The number of nitrogens with zero attached hydrogens (tertiary/aromatic N) is 1. The van der Waals surface area contributed by atoms with Crippen molar-refractivity contribution in [1.82, 2.24) is 15.0 Å². The maximum Gasteiger partial charge on any atom is 0.344 e. The first-order chi connectivity index (χ1) is 6.77. The third-order valence-electron chi connectivity index (χ3n) is 1.79. The van der Waals surface area contributed by atoms with E-state index in [4.69, 9.17) is 0 Å². The number of aromatic amines is 2. The van der Waals surface area contributed by atoms with Crippen LogP contribution in [0.2, 0.25) is 0 Å². The van der Waals surface area contributed by atoms with Gasteiger partial charge in [0.25, 0.3) is 0 Å². The highest BCUT2D eigenvalue weighted by atomic mass is 16.1. The Morgan fingerprint density at radius 2 is 2.14 bits per heavy atom. The van der Waals surface area contributed by atoms with Crippen LogP contribution in [0.15, 0.2) is 35.6 Å². The Kier molecular flexibility index (Phi) is 1.98. The molecule has 0 radical (unpaired) electrons. The average Bonchev–Trinajstić information content (AvgIpc) is 2.71. The minimum atomic E-state index is -0.462. The highest BCUT2D eigenvalue weighted by Gasteiger charge is 2.08. The van der Waals surface area contributed by atoms with Crippen molar-refractivity contribution in [3.63, 3.8) is 0 Å². The van der Waals surface area contributed by atoms with E-state index in [9.17, 15) is 9.59 Å². The summed E-state index contributed by atoms with van der Waals surface area (Å²) in [5, 5.41) is 0. The molecule has 0 amide bonds. The van der Waals surface area contributed by atoms with Crippen LogP contribution in [-0.4, -0.2) is 20.7 Å². The van der Waals surface area contributed by atoms with Gasteiger partial charge in [0.05, 0.1) is 5.56 Å². The molecule has 0 spiro atoms. The van der Waals surface area contributed by atoms with Gasteiger partial charge in [0.15, 0.2) is 5.78 Å². The Bertz CT molecular complexity index is 479. The van der Waals surface area contributed by atoms with E-state index in [-0.39, 0.29) is 5.78 Å². The van der Waals surface area contributed by atoms with Gasteiger partial charge in [-0.15, -0.1) is 0 Å². The Morgan fingerprint density at radius 3 is 2.71 bits per heavy atom. The zero-order valence-corrected chi connectivity index (χ0v) is 7.15. The lowest BCUT2D eigenvalue weighted by Gasteiger charge is -1.95. The van der Waals surface area contributed by atoms with Gasteiger partial charge in [-0.25, -0.2) is 9.78 Å². The van der Waals surface area contributed by atoms with Crippen LogP contribution in [0.1, 0.15) is 15.9 Å². The second-order valence-electron chi connectivity index (χ2n) is 2.74. The number of hydrogen-bond donors (Lipinski definition) is 2. The Labute approximate surface area is 78.8 Å². The van der Waals surface area contributed by atoms with Crippen LogP contribution < -0.4 is 5.69 Å². The van der Waals surface area contributed by atoms with Crippen LogP contribution in [-0.2, 0) is 0 Å². The number of aromatic nitrogens is 3. The summed E-state index contributed by atoms with van der Waals surface area (Å²) in [4.78, 5) is 30.9. The maximum absolute atomic E-state index is 11.6. The van der Waals surface area contributed by atoms with Gasteiger partial charge in [-0.05, 0) is 6.07 Å². The lowest BCUT2D eigenvalue weighted by atomic mass is 10.1. The molecule has 0 aliphatic carbocycles. The fourth-order valence-corrected chi connectivity index (χ4v) is 1.10. The van der Waals surface area contributed by atoms with Crippen LogP contribution in [0.25, 0.3) is 0 Å². The molecule has 2 N–H and O–H groups in total. The van der Waals surface area contributed by atoms with Gasteiger partial charge in [0.2, 0.25) is 0 Å². The number of carbonyl (C=O) groups excluding carboxylic acids is 1. The molecule has 0 bridgehead atoms. The molecular weight excluding hydrogens is 182 g/mol. The summed E-state index contributed by atoms with van der Waals surface area (Å²) >= 11 is 0. The largest absolute Gasteiger partial charge is 0.367 e. The Balaban J connectivity index is 2.37. The van der Waals surface area contributed by atoms with E-state index in [0.29, 0.717) is 11.1 Å². The second kappa shape index (κ2) is 3.29. The van der Waals surface area contributed by atoms with Gasteiger partial charge in [-0.2, -0.15) is 0 Å². The molecule has 2 aromatic heterocycles. The number of hydrogen-bond acceptors (Lipinski definition) is 3. The molecule has 0 atom stereocenters. The fourth-order valence-electron chi connectivity index (χ4n) is 1.10. The summed E-state index contributed by atoms with van der Waals surface area (Å²) in [6.07, 6.45) is 5.86. The first-order valence-corrected chi connectivity index (χ1v) is 3.99. The predicted molar refractivity (Wildman–Crippen MR) is 49.1 cm³/mol. The lowest BCUT2D eigenvalue weighted by Crippen LogP contribution is -2.11. The van der Waals surface area contributed by atoms with E-state index in [1.54, 1.807) is 18.5 Å². The average molecular weight is 189 g/mol. The van der Waals surface area contributed by atoms with Crippen molar-refractivity contribution in [2.45, 2.75) is 0 Å². The standard InChI is InChI=1S/C9H7N3O2/c13-8(6-1-2-10-3-6)7-4-11-9(14)12-5-7/h1-5,10H,(H,11,12,14). The number of ketones is 1. The van der Waals surface area contributed by atoms with Gasteiger partial charge >= 0.3 is 5.69 Å². The SMILES string of the molecule is O=C(c1cc[nH]c1)c1cnc(=O)[nH]c1. The molecule has 0 aliphatic rings. The summed E-state index contributed by atoms with van der Waals surface area (Å²) in [7, 11) is 0. The molecule has 0 aromatic carbocycles. The van der Waals surface area contributed by atoms with E-state index in [1.807, 2.05) is 0 Å². The quantitative estimate of drug-likeness (QED) is 0.668. The predicted octanol–water partition coefficient (Wildman–Crippen LogP) is 0.329. The van der Waals surface area contributed by atoms with Crippen molar-refractivity contribution in [2.24, 2.45) is 0 Å². The lowest BCUT2D eigenvalue weighted by molar-refractivity contribution is 0.103. The summed E-state index contributed by atoms with van der Waals surface area (Å²) in [6.45, 7) is 0. The molecule has 0 saturated carbocycles. The van der Waals surface area contributed by atoms with E-state index >= 15 is 0 Å². The zero-order valence-electron chi connectivity index (χ0n) is 7.15. The van der Waals surface area contributed by atoms with Gasteiger partial charge in [-0.1, -0.05) is 0 Å². The van der Waals surface area contributed by atoms with Crippen molar-refractivity contribution < 1.29 is 4.79 Å². The smallest absolute Gasteiger partial charge is 0.344 e. The minimum Gasteiger partial charge on any atom is -0.367 e. The minimum absolute atomic E-state index is 0.171. The molecule has 0 saturated heterocycles. The van der Waals surface area contributed by atoms with E-state index in [2.05, 4.69) is 15.0 Å². The monoisotopic (exact) mass is 189 g/mol. The van der Waals surface area contributed by atoms with Crippen molar-refractivity contribution >= 4 is 5.78 Å². The van der Waals surface area contributed by atoms with Crippen LogP contribution in [0, 0.1) is 0 Å². The highest BCUT2D eigenvalue weighted by molar-refractivity contribution is 6.08. The molecule has 0 aliphatic heterocycles. The molecule has 2 heterocycles. The van der Waals surface area contributed by atoms with E-state index in [1.165, 1.54) is 12.4 Å². The van der Waals surface area contributed by atoms with Crippen LogP contribution in [0.5, 0.6) is 0 Å². The first kappa shape index (κ1) is 8.43. The van der Waals surface area contributed by atoms with Crippen molar-refractivity contribution in [3.8, 4) is 0 Å². The topological polar surface area (TPSA) is 78.6 Å². The van der Waals surface area contributed by atoms with Crippen LogP contribution in [0.3, 0.4) is 0 Å². The van der Waals surface area contributed by atoms with Crippen LogP contribution in [0.4, 0.5) is 0 Å². The van der Waals surface area contributed by atoms with Gasteiger partial charge in [-0.3, -0.25) is 4.79 Å². The van der Waals surface area contributed by atoms with Crippen molar-refractivity contribution in [2.75, 3.05) is 0 Å². The number of carbonyl (C=O) groups is 1. The summed E-state index contributed by atoms with van der Waals surface area (Å²) in [5.74, 6) is -0.171. The number of nitrogens with one attached hydrogen (secondary N) is 2. The fraction of sp³-hybridized carbons (Fsp3) is 0. The van der Waals surface area contributed by atoms with E-state index < -0.39 is 5.69 Å². The Morgan fingerprint density at radius 1 is 1.29 bits per heavy atom. The second-order valence-corrected chi connectivity index (χ2v) is 2.74. The zero-order chi connectivity index (χ0) is 9.97. The highest BCUT2D eigenvalue weighted by Crippen LogP contribution is 2.05. The third-order valence-corrected chi connectivity index (χ3v) is 1.79. The number of H-pyrrole nitrogens is 2. The maximum atomic E-state index is 11.6. The van der Waals surface area contributed by atoms with E-state index in [0.717, 1.165) is 0 Å². The molecule has 5 heteroatoms. The molecule has 0 fully saturated rings. The molecule has 2 rings (SSSR count). The van der Waals surface area contributed by atoms with Gasteiger partial charge in [0.1, 0.15) is 0 Å². The summed E-state index contributed by atoms with van der Waals surface area (Å²) < 4.78 is 0. The first-order valence-electron chi connectivity index (χ1n) is 3.99. The summed E-state index contributed by atoms with van der Waals surface area (Å²) in [5.41, 5.74) is 0.443. The molecular formula is C9H7N3O2. The van der Waals surface area contributed by atoms with Crippen molar-refractivity contribution in [1.29, 1.82) is 0 Å². The molecule has 70 valence electrons. The van der Waals surface area contributed by atoms with Crippen LogP contribution >= 0.6 is 0 Å². The molecule has 14 heavy (non-hydrogen) atoms. The third kappa shape index (κ3) is 1.47. The normalized spacial score (nSPS) is 10.0.